The molecule has 1 aromatic heterocycles. The molecule has 0 atom stereocenters. The second-order valence-corrected chi connectivity index (χ2v) is 7.30. The van der Waals surface area contributed by atoms with Crippen LogP contribution in [0.5, 0.6) is 5.75 Å². The Balaban J connectivity index is 1.34. The number of ether oxygens (including phenoxy) is 1. The molecule has 30 heavy (non-hydrogen) atoms. The molecule has 0 aliphatic rings. The van der Waals surface area contributed by atoms with Crippen molar-refractivity contribution in [1.29, 1.82) is 0 Å². The molecule has 1 heterocycles. The van der Waals surface area contributed by atoms with Gasteiger partial charge in [0.25, 0.3) is 5.91 Å². The van der Waals surface area contributed by atoms with Crippen molar-refractivity contribution in [2.45, 2.75) is 6.61 Å². The van der Waals surface area contributed by atoms with Crippen LogP contribution in [0.4, 0.5) is 5.95 Å². The van der Waals surface area contributed by atoms with Crippen molar-refractivity contribution < 1.29 is 9.53 Å². The molecular weight excluding hydrogens is 421 g/mol. The lowest BCUT2D eigenvalue weighted by Gasteiger charge is -2.09. The van der Waals surface area contributed by atoms with Gasteiger partial charge in [0.2, 0.25) is 5.95 Å². The number of aromatic nitrogens is 2. The summed E-state index contributed by atoms with van der Waals surface area (Å²) in [6.45, 7) is 0.271. The maximum atomic E-state index is 12.1. The number of imidazole rings is 1. The van der Waals surface area contributed by atoms with Crippen LogP contribution in [0.2, 0.25) is 10.0 Å². The summed E-state index contributed by atoms with van der Waals surface area (Å²) in [5.74, 6) is 0.811. The first kappa shape index (κ1) is 20.0. The van der Waals surface area contributed by atoms with Gasteiger partial charge in [-0.2, -0.15) is 0 Å². The Morgan fingerprint density at radius 1 is 1.00 bits per heavy atom. The maximum absolute atomic E-state index is 12.1. The highest BCUT2D eigenvalue weighted by Gasteiger charge is 2.07. The fraction of sp³-hybridized carbons (Fsp3) is 0.0435. The average molecular weight is 438 g/mol. The van der Waals surface area contributed by atoms with E-state index in [4.69, 9.17) is 27.9 Å². The number of rotatable bonds is 6. The summed E-state index contributed by atoms with van der Waals surface area (Å²) in [7, 11) is 0. The molecule has 7 heteroatoms. The zero-order valence-electron chi connectivity index (χ0n) is 15.7. The molecule has 0 aliphatic heterocycles. The van der Waals surface area contributed by atoms with E-state index in [2.05, 4.69) is 15.3 Å². The smallest absolute Gasteiger partial charge is 0.250 e. The van der Waals surface area contributed by atoms with E-state index in [9.17, 15) is 4.79 Å². The highest BCUT2D eigenvalue weighted by molar-refractivity contribution is 6.35. The van der Waals surface area contributed by atoms with E-state index in [0.717, 1.165) is 22.2 Å². The molecule has 3 aromatic carbocycles. The van der Waals surface area contributed by atoms with Crippen LogP contribution < -0.4 is 10.1 Å². The number of hydrogen-bond acceptors (Lipinski definition) is 3. The summed E-state index contributed by atoms with van der Waals surface area (Å²) in [5.41, 5.74) is 3.26. The van der Waals surface area contributed by atoms with Gasteiger partial charge in [0.15, 0.2) is 0 Å². The number of nitrogens with one attached hydrogen (secondary N) is 2. The van der Waals surface area contributed by atoms with Crippen LogP contribution in [0, 0.1) is 0 Å². The number of para-hydroxylation sites is 2. The van der Waals surface area contributed by atoms with Crippen molar-refractivity contribution in [3.8, 4) is 5.75 Å². The van der Waals surface area contributed by atoms with Gasteiger partial charge in [-0.15, -0.1) is 0 Å². The van der Waals surface area contributed by atoms with E-state index < -0.39 is 0 Å². The number of benzene rings is 3. The molecule has 0 aliphatic carbocycles. The average Bonchev–Trinajstić information content (AvgIpc) is 3.15. The molecule has 0 saturated heterocycles. The van der Waals surface area contributed by atoms with Gasteiger partial charge in [-0.1, -0.05) is 53.5 Å². The summed E-state index contributed by atoms with van der Waals surface area (Å²) < 4.78 is 5.76. The third-order valence-corrected chi connectivity index (χ3v) is 5.09. The standard InChI is InChI=1S/C23H17Cl2N3O2/c24-18-4-3-5-19(25)17(18)14-30-16-11-8-15(9-12-16)10-13-22(29)28-23-26-20-6-1-2-7-21(20)27-23/h1-13H,14H2,(H2,26,27,28,29)/b13-10+. The molecule has 0 unspecified atom stereocenters. The molecular formula is C23H17Cl2N3O2. The van der Waals surface area contributed by atoms with E-state index in [-0.39, 0.29) is 12.5 Å². The van der Waals surface area contributed by atoms with Crippen LogP contribution >= 0.6 is 23.2 Å². The molecule has 0 saturated carbocycles. The molecule has 1 amide bonds. The van der Waals surface area contributed by atoms with Crippen LogP contribution in [-0.4, -0.2) is 15.9 Å². The first-order chi connectivity index (χ1) is 14.6. The summed E-state index contributed by atoms with van der Waals surface area (Å²) in [6, 6.07) is 20.3. The Labute approximate surface area is 183 Å². The number of H-pyrrole nitrogens is 1. The second kappa shape index (κ2) is 9.03. The van der Waals surface area contributed by atoms with Crippen molar-refractivity contribution in [2.24, 2.45) is 0 Å². The van der Waals surface area contributed by atoms with Crippen molar-refractivity contribution in [3.05, 3.63) is 94.0 Å². The van der Waals surface area contributed by atoms with Crippen LogP contribution in [0.15, 0.2) is 72.8 Å². The number of halogens is 2. The third-order valence-electron chi connectivity index (χ3n) is 4.38. The molecule has 2 N–H and O–H groups in total. The Kier molecular flexibility index (Phi) is 6.02. The Morgan fingerprint density at radius 2 is 1.73 bits per heavy atom. The number of nitrogens with zero attached hydrogens (tertiary/aromatic N) is 1. The van der Waals surface area contributed by atoms with Crippen molar-refractivity contribution >= 4 is 52.2 Å². The quantitative estimate of drug-likeness (QED) is 0.358. The van der Waals surface area contributed by atoms with E-state index in [1.807, 2.05) is 48.5 Å². The van der Waals surface area contributed by atoms with E-state index >= 15 is 0 Å². The van der Waals surface area contributed by atoms with Gasteiger partial charge in [-0.3, -0.25) is 10.1 Å². The normalized spacial score (nSPS) is 11.1. The van der Waals surface area contributed by atoms with Crippen LogP contribution in [0.3, 0.4) is 0 Å². The highest BCUT2D eigenvalue weighted by Crippen LogP contribution is 2.26. The topological polar surface area (TPSA) is 67.0 Å². The van der Waals surface area contributed by atoms with Gasteiger partial charge in [0.1, 0.15) is 12.4 Å². The molecule has 0 fully saturated rings. The number of fused-ring (bicyclic) bond motifs is 1. The molecule has 0 spiro atoms. The molecule has 150 valence electrons. The lowest BCUT2D eigenvalue weighted by Crippen LogP contribution is -2.08. The van der Waals surface area contributed by atoms with Gasteiger partial charge in [-0.05, 0) is 48.0 Å². The maximum Gasteiger partial charge on any atom is 0.250 e. The van der Waals surface area contributed by atoms with E-state index in [1.54, 1.807) is 24.3 Å². The first-order valence-electron chi connectivity index (χ1n) is 9.18. The second-order valence-electron chi connectivity index (χ2n) is 6.48. The van der Waals surface area contributed by atoms with Crippen LogP contribution in [-0.2, 0) is 11.4 Å². The van der Waals surface area contributed by atoms with Crippen LogP contribution in [0.1, 0.15) is 11.1 Å². The van der Waals surface area contributed by atoms with Gasteiger partial charge in [0.05, 0.1) is 11.0 Å². The Hall–Kier alpha value is -3.28. The van der Waals surface area contributed by atoms with Gasteiger partial charge < -0.3 is 9.72 Å². The number of anilines is 1. The number of hydrogen-bond donors (Lipinski definition) is 2. The molecule has 4 aromatic rings. The summed E-state index contributed by atoms with van der Waals surface area (Å²) in [4.78, 5) is 19.5. The zero-order chi connectivity index (χ0) is 20.9. The number of carbonyl (C=O) groups is 1. The fourth-order valence-electron chi connectivity index (χ4n) is 2.84. The van der Waals surface area contributed by atoms with E-state index in [0.29, 0.717) is 21.7 Å². The molecule has 0 radical (unpaired) electrons. The van der Waals surface area contributed by atoms with Crippen molar-refractivity contribution in [1.82, 2.24) is 9.97 Å². The summed E-state index contributed by atoms with van der Waals surface area (Å²) in [6.07, 6.45) is 3.17. The van der Waals surface area contributed by atoms with Gasteiger partial charge >= 0.3 is 0 Å². The molecule has 4 rings (SSSR count). The zero-order valence-corrected chi connectivity index (χ0v) is 17.2. The number of aromatic amines is 1. The predicted octanol–water partition coefficient (Wildman–Crippen LogP) is 6.10. The number of carbonyl (C=O) groups excluding carboxylic acids is 1. The monoisotopic (exact) mass is 437 g/mol. The minimum Gasteiger partial charge on any atom is -0.489 e. The summed E-state index contributed by atoms with van der Waals surface area (Å²) >= 11 is 12.3. The van der Waals surface area contributed by atoms with Crippen molar-refractivity contribution in [3.63, 3.8) is 0 Å². The minimum atomic E-state index is -0.275. The lowest BCUT2D eigenvalue weighted by atomic mass is 10.2. The van der Waals surface area contributed by atoms with E-state index in [1.165, 1.54) is 6.08 Å². The SMILES string of the molecule is O=C(/C=C/c1ccc(OCc2c(Cl)cccc2Cl)cc1)Nc1nc2ccccc2[nH]1. The predicted molar refractivity (Wildman–Crippen MR) is 121 cm³/mol. The lowest BCUT2D eigenvalue weighted by molar-refractivity contribution is -0.111. The van der Waals surface area contributed by atoms with Crippen molar-refractivity contribution in [2.75, 3.05) is 5.32 Å². The van der Waals surface area contributed by atoms with Gasteiger partial charge in [0, 0.05) is 21.7 Å². The summed E-state index contributed by atoms with van der Waals surface area (Å²) in [5, 5.41) is 3.85. The highest BCUT2D eigenvalue weighted by atomic mass is 35.5. The van der Waals surface area contributed by atoms with Gasteiger partial charge in [-0.25, -0.2) is 4.98 Å². The molecule has 0 bridgehead atoms. The fourth-order valence-corrected chi connectivity index (χ4v) is 3.35. The molecule has 5 nitrogen and oxygen atoms in total. The first-order valence-corrected chi connectivity index (χ1v) is 9.94. The van der Waals surface area contributed by atoms with Crippen LogP contribution in [0.25, 0.3) is 17.1 Å². The largest absolute Gasteiger partial charge is 0.489 e. The number of amides is 1. The third kappa shape index (κ3) is 4.82. The minimum absolute atomic E-state index is 0.271. The Morgan fingerprint density at radius 3 is 2.47 bits per heavy atom. The Bertz CT molecular complexity index is 1160.